The SMILES string of the molecule is CN[C@H](C(=O)O)C1CCC(F)(F)CC1. The van der Waals surface area contributed by atoms with Crippen molar-refractivity contribution in [2.24, 2.45) is 5.92 Å². The molecule has 0 amide bonds. The smallest absolute Gasteiger partial charge is 0.320 e. The first-order valence-electron chi connectivity index (χ1n) is 4.74. The molecule has 0 saturated heterocycles. The maximum absolute atomic E-state index is 12.8. The van der Waals surface area contributed by atoms with E-state index >= 15 is 0 Å². The highest BCUT2D eigenvalue weighted by Crippen LogP contribution is 2.37. The van der Waals surface area contributed by atoms with Crippen molar-refractivity contribution in [1.82, 2.24) is 5.32 Å². The third kappa shape index (κ3) is 2.64. The van der Waals surface area contributed by atoms with E-state index in [1.807, 2.05) is 0 Å². The Hall–Kier alpha value is -0.710. The second kappa shape index (κ2) is 4.21. The molecular weight excluding hydrogens is 192 g/mol. The highest BCUT2D eigenvalue weighted by atomic mass is 19.3. The lowest BCUT2D eigenvalue weighted by atomic mass is 9.82. The van der Waals surface area contributed by atoms with Crippen LogP contribution in [0.4, 0.5) is 8.78 Å². The number of aliphatic carboxylic acids is 1. The zero-order chi connectivity index (χ0) is 10.8. The van der Waals surface area contributed by atoms with Gasteiger partial charge >= 0.3 is 5.97 Å². The number of nitrogens with one attached hydrogen (secondary N) is 1. The number of alkyl halides is 2. The summed E-state index contributed by atoms with van der Waals surface area (Å²) in [6.07, 6.45) is 0.182. The number of carbonyl (C=O) groups is 1. The molecule has 0 radical (unpaired) electrons. The van der Waals surface area contributed by atoms with E-state index in [9.17, 15) is 13.6 Å². The largest absolute Gasteiger partial charge is 0.480 e. The van der Waals surface area contributed by atoms with Crippen molar-refractivity contribution in [3.8, 4) is 0 Å². The van der Waals surface area contributed by atoms with Gasteiger partial charge in [-0.25, -0.2) is 8.78 Å². The molecule has 1 fully saturated rings. The van der Waals surface area contributed by atoms with E-state index in [0.717, 1.165) is 0 Å². The molecule has 3 nitrogen and oxygen atoms in total. The number of carboxylic acid groups (broad SMARTS) is 1. The fourth-order valence-corrected chi connectivity index (χ4v) is 1.96. The molecule has 0 aromatic heterocycles. The number of likely N-dealkylation sites (N-methyl/N-ethyl adjacent to an activating group) is 1. The monoisotopic (exact) mass is 207 g/mol. The van der Waals surface area contributed by atoms with Crippen LogP contribution in [0.15, 0.2) is 0 Å². The van der Waals surface area contributed by atoms with Crippen molar-refractivity contribution in [2.75, 3.05) is 7.05 Å². The fourth-order valence-electron chi connectivity index (χ4n) is 1.96. The lowest BCUT2D eigenvalue weighted by Crippen LogP contribution is -2.43. The van der Waals surface area contributed by atoms with Gasteiger partial charge in [0.2, 0.25) is 5.92 Å². The van der Waals surface area contributed by atoms with Crippen molar-refractivity contribution in [2.45, 2.75) is 37.6 Å². The summed E-state index contributed by atoms with van der Waals surface area (Å²) in [5.74, 6) is -3.72. The zero-order valence-electron chi connectivity index (χ0n) is 8.09. The van der Waals surface area contributed by atoms with Gasteiger partial charge in [0.15, 0.2) is 0 Å². The van der Waals surface area contributed by atoms with Crippen LogP contribution in [0, 0.1) is 5.92 Å². The van der Waals surface area contributed by atoms with Crippen LogP contribution >= 0.6 is 0 Å². The summed E-state index contributed by atoms with van der Waals surface area (Å²) in [5.41, 5.74) is 0. The predicted molar refractivity (Wildman–Crippen MR) is 47.4 cm³/mol. The molecule has 1 aliphatic rings. The fraction of sp³-hybridized carbons (Fsp3) is 0.889. The number of rotatable bonds is 3. The quantitative estimate of drug-likeness (QED) is 0.737. The lowest BCUT2D eigenvalue weighted by Gasteiger charge is -2.31. The average molecular weight is 207 g/mol. The Bertz CT molecular complexity index is 211. The minimum Gasteiger partial charge on any atom is -0.480 e. The van der Waals surface area contributed by atoms with Crippen molar-refractivity contribution in [3.05, 3.63) is 0 Å². The molecule has 0 heterocycles. The van der Waals surface area contributed by atoms with Crippen LogP contribution in [0.1, 0.15) is 25.7 Å². The second-order valence-electron chi connectivity index (χ2n) is 3.80. The lowest BCUT2D eigenvalue weighted by molar-refractivity contribution is -0.142. The van der Waals surface area contributed by atoms with E-state index in [2.05, 4.69) is 5.32 Å². The molecule has 0 aromatic carbocycles. The third-order valence-electron chi connectivity index (χ3n) is 2.81. The van der Waals surface area contributed by atoms with Gasteiger partial charge in [-0.3, -0.25) is 4.79 Å². The molecule has 14 heavy (non-hydrogen) atoms. The Kier molecular flexibility index (Phi) is 3.42. The summed E-state index contributed by atoms with van der Waals surface area (Å²) in [7, 11) is 1.55. The highest BCUT2D eigenvalue weighted by molar-refractivity contribution is 5.73. The van der Waals surface area contributed by atoms with Gasteiger partial charge in [-0.1, -0.05) is 0 Å². The summed E-state index contributed by atoms with van der Waals surface area (Å²) in [6, 6.07) is -0.689. The minimum absolute atomic E-state index is 0.169. The second-order valence-corrected chi connectivity index (χ2v) is 3.80. The molecular formula is C9H15F2NO2. The molecule has 0 aromatic rings. The van der Waals surface area contributed by atoms with Gasteiger partial charge in [-0.2, -0.15) is 0 Å². The van der Waals surface area contributed by atoms with Crippen LogP contribution in [-0.4, -0.2) is 30.1 Å². The predicted octanol–water partition coefficient (Wildman–Crippen LogP) is 1.48. The first kappa shape index (κ1) is 11.4. The van der Waals surface area contributed by atoms with Gasteiger partial charge in [0.25, 0.3) is 0 Å². The van der Waals surface area contributed by atoms with Gasteiger partial charge in [-0.15, -0.1) is 0 Å². The molecule has 1 saturated carbocycles. The number of hydrogen-bond donors (Lipinski definition) is 2. The van der Waals surface area contributed by atoms with Crippen LogP contribution < -0.4 is 5.32 Å². The highest BCUT2D eigenvalue weighted by Gasteiger charge is 2.39. The summed E-state index contributed by atoms with van der Waals surface area (Å²) in [4.78, 5) is 10.7. The molecule has 82 valence electrons. The molecule has 1 atom stereocenters. The van der Waals surface area contributed by atoms with E-state index in [4.69, 9.17) is 5.11 Å². The van der Waals surface area contributed by atoms with Crippen molar-refractivity contribution in [1.29, 1.82) is 0 Å². The molecule has 1 rings (SSSR count). The standard InChI is InChI=1S/C9H15F2NO2/c1-12-7(8(13)14)6-2-4-9(10,11)5-3-6/h6-7,12H,2-5H2,1H3,(H,13,14)/t7-/m0/s1. The van der Waals surface area contributed by atoms with Crippen molar-refractivity contribution in [3.63, 3.8) is 0 Å². The summed E-state index contributed by atoms with van der Waals surface area (Å²) in [5, 5.41) is 11.5. The molecule has 1 aliphatic carbocycles. The van der Waals surface area contributed by atoms with Gasteiger partial charge < -0.3 is 10.4 Å². The molecule has 5 heteroatoms. The topological polar surface area (TPSA) is 49.3 Å². The van der Waals surface area contributed by atoms with E-state index < -0.39 is 17.9 Å². The summed E-state index contributed by atoms with van der Waals surface area (Å²) in [6.45, 7) is 0. The summed E-state index contributed by atoms with van der Waals surface area (Å²) < 4.78 is 25.6. The molecule has 0 unspecified atom stereocenters. The third-order valence-corrected chi connectivity index (χ3v) is 2.81. The van der Waals surface area contributed by atoms with Gasteiger partial charge in [0.1, 0.15) is 6.04 Å². The van der Waals surface area contributed by atoms with Gasteiger partial charge in [0.05, 0.1) is 0 Å². The van der Waals surface area contributed by atoms with Crippen LogP contribution in [0.5, 0.6) is 0 Å². The Morgan fingerprint density at radius 3 is 2.36 bits per heavy atom. The minimum atomic E-state index is -2.59. The zero-order valence-corrected chi connectivity index (χ0v) is 8.09. The Morgan fingerprint density at radius 2 is 2.00 bits per heavy atom. The Balaban J connectivity index is 2.51. The van der Waals surface area contributed by atoms with Crippen LogP contribution in [-0.2, 0) is 4.79 Å². The Morgan fingerprint density at radius 1 is 1.50 bits per heavy atom. The van der Waals surface area contributed by atoms with Crippen molar-refractivity contribution >= 4 is 5.97 Å². The van der Waals surface area contributed by atoms with Gasteiger partial charge in [-0.05, 0) is 25.8 Å². The first-order chi connectivity index (χ1) is 6.46. The number of halogens is 2. The van der Waals surface area contributed by atoms with E-state index in [0.29, 0.717) is 0 Å². The van der Waals surface area contributed by atoms with E-state index in [1.165, 1.54) is 0 Å². The maximum Gasteiger partial charge on any atom is 0.320 e. The number of carboxylic acids is 1. The van der Waals surface area contributed by atoms with E-state index in [1.54, 1.807) is 7.05 Å². The van der Waals surface area contributed by atoms with Gasteiger partial charge in [0, 0.05) is 12.8 Å². The average Bonchev–Trinajstić information content (AvgIpc) is 2.08. The molecule has 0 bridgehead atoms. The van der Waals surface area contributed by atoms with Crippen LogP contribution in [0.3, 0.4) is 0 Å². The molecule has 0 spiro atoms. The molecule has 0 aliphatic heterocycles. The first-order valence-corrected chi connectivity index (χ1v) is 4.74. The maximum atomic E-state index is 12.8. The Labute approximate surface area is 81.5 Å². The molecule has 2 N–H and O–H groups in total. The van der Waals surface area contributed by atoms with Crippen molar-refractivity contribution < 1.29 is 18.7 Å². The number of hydrogen-bond acceptors (Lipinski definition) is 2. The van der Waals surface area contributed by atoms with Crippen LogP contribution in [0.2, 0.25) is 0 Å². The van der Waals surface area contributed by atoms with E-state index in [-0.39, 0.29) is 31.6 Å². The summed E-state index contributed by atoms with van der Waals surface area (Å²) >= 11 is 0. The van der Waals surface area contributed by atoms with Crippen LogP contribution in [0.25, 0.3) is 0 Å². The normalized spacial score (nSPS) is 24.5.